The van der Waals surface area contributed by atoms with E-state index in [0.717, 1.165) is 31.2 Å². The first-order valence-corrected chi connectivity index (χ1v) is 6.86. The monoisotopic (exact) mass is 265 g/mol. The quantitative estimate of drug-likeness (QED) is 0.779. The van der Waals surface area contributed by atoms with Crippen molar-refractivity contribution in [3.63, 3.8) is 0 Å². The first-order valence-electron chi connectivity index (χ1n) is 6.04. The molecule has 0 aliphatic rings. The van der Waals surface area contributed by atoms with Crippen molar-refractivity contribution >= 4 is 11.3 Å². The molecule has 0 aliphatic carbocycles. The van der Waals surface area contributed by atoms with Gasteiger partial charge in [-0.1, -0.05) is 0 Å². The van der Waals surface area contributed by atoms with Crippen LogP contribution >= 0.6 is 11.3 Å². The predicted octanol–water partition coefficient (Wildman–Crippen LogP) is 2.04. The van der Waals surface area contributed by atoms with Gasteiger partial charge in [0.15, 0.2) is 0 Å². The van der Waals surface area contributed by atoms with Crippen molar-refractivity contribution in [3.8, 4) is 0 Å². The molecule has 0 spiro atoms. The summed E-state index contributed by atoms with van der Waals surface area (Å²) in [5.74, 6) is 0. The van der Waals surface area contributed by atoms with Crippen molar-refractivity contribution in [2.24, 2.45) is 0 Å². The Morgan fingerprint density at radius 3 is 3.11 bits per heavy atom. The van der Waals surface area contributed by atoms with Crippen molar-refractivity contribution in [1.29, 1.82) is 0 Å². The normalized spacial score (nSPS) is 11.0. The van der Waals surface area contributed by atoms with E-state index < -0.39 is 0 Å². The lowest BCUT2D eigenvalue weighted by Gasteiger charge is -2.08. The Balaban J connectivity index is 1.91. The third kappa shape index (κ3) is 3.66. The van der Waals surface area contributed by atoms with Crippen molar-refractivity contribution in [1.82, 2.24) is 14.9 Å². The second-order valence-corrected chi connectivity index (χ2v) is 5.46. The molecule has 0 aliphatic heterocycles. The van der Waals surface area contributed by atoms with E-state index in [1.54, 1.807) is 18.4 Å². The van der Waals surface area contributed by atoms with Crippen molar-refractivity contribution in [3.05, 3.63) is 40.1 Å². The highest BCUT2D eigenvalue weighted by Gasteiger charge is 2.03. The lowest BCUT2D eigenvalue weighted by Crippen LogP contribution is -2.20. The topological polar surface area (TPSA) is 39.1 Å². The van der Waals surface area contributed by atoms with Crippen LogP contribution in [0.4, 0.5) is 0 Å². The van der Waals surface area contributed by atoms with Gasteiger partial charge in [-0.15, -0.1) is 11.3 Å². The van der Waals surface area contributed by atoms with Crippen LogP contribution in [0.1, 0.15) is 15.6 Å². The van der Waals surface area contributed by atoms with E-state index in [1.165, 1.54) is 10.6 Å². The molecular weight excluding hydrogens is 246 g/mol. The second kappa shape index (κ2) is 6.68. The Hall–Kier alpha value is -1.17. The third-order valence-corrected chi connectivity index (χ3v) is 3.61. The van der Waals surface area contributed by atoms with Gasteiger partial charge in [0.1, 0.15) is 0 Å². The van der Waals surface area contributed by atoms with Crippen molar-refractivity contribution in [2.45, 2.75) is 20.0 Å². The summed E-state index contributed by atoms with van der Waals surface area (Å²) in [6, 6.07) is 4.23. The molecule has 0 bridgehead atoms. The van der Waals surface area contributed by atoms with Gasteiger partial charge in [0.2, 0.25) is 0 Å². The van der Waals surface area contributed by atoms with Gasteiger partial charge in [0, 0.05) is 43.2 Å². The molecule has 0 fully saturated rings. The fourth-order valence-corrected chi connectivity index (χ4v) is 2.60. The van der Waals surface area contributed by atoms with Crippen LogP contribution < -0.4 is 5.32 Å². The van der Waals surface area contributed by atoms with Crippen molar-refractivity contribution in [2.75, 3.05) is 20.3 Å². The molecule has 0 amide bonds. The van der Waals surface area contributed by atoms with Crippen LogP contribution in [0.25, 0.3) is 0 Å². The molecule has 98 valence electrons. The summed E-state index contributed by atoms with van der Waals surface area (Å²) in [4.78, 5) is 5.58. The maximum Gasteiger partial charge on any atom is 0.0897 e. The lowest BCUT2D eigenvalue weighted by molar-refractivity contribution is 0.199. The maximum absolute atomic E-state index is 5.01. The number of methoxy groups -OCH3 is 1. The number of hydrogen-bond acceptors (Lipinski definition) is 4. The molecule has 5 heteroatoms. The standard InChI is InChI=1S/C13H19N3OS/c1-11-15-9-13(18-11)10-16-6-3-4-12(16)8-14-5-7-17-2/h3-4,6,9,14H,5,7-8,10H2,1-2H3. The fourth-order valence-electron chi connectivity index (χ4n) is 1.80. The molecule has 1 N–H and O–H groups in total. The summed E-state index contributed by atoms with van der Waals surface area (Å²) in [6.07, 6.45) is 4.07. The smallest absolute Gasteiger partial charge is 0.0897 e. The van der Waals surface area contributed by atoms with E-state index in [-0.39, 0.29) is 0 Å². The fraction of sp³-hybridized carbons (Fsp3) is 0.462. The zero-order chi connectivity index (χ0) is 12.8. The van der Waals surface area contributed by atoms with E-state index in [1.807, 2.05) is 13.1 Å². The molecule has 0 aromatic carbocycles. The van der Waals surface area contributed by atoms with Gasteiger partial charge in [-0.3, -0.25) is 0 Å². The summed E-state index contributed by atoms with van der Waals surface area (Å²) in [5, 5.41) is 4.48. The van der Waals surface area contributed by atoms with Gasteiger partial charge in [0.25, 0.3) is 0 Å². The van der Waals surface area contributed by atoms with Crippen LogP contribution in [-0.4, -0.2) is 29.8 Å². The van der Waals surface area contributed by atoms with Crippen LogP contribution in [0.15, 0.2) is 24.5 Å². The summed E-state index contributed by atoms with van der Waals surface area (Å²) >= 11 is 1.75. The Morgan fingerprint density at radius 2 is 2.39 bits per heavy atom. The molecule has 18 heavy (non-hydrogen) atoms. The summed E-state index contributed by atoms with van der Waals surface area (Å²) in [6.45, 7) is 5.43. The van der Waals surface area contributed by atoms with Crippen LogP contribution in [-0.2, 0) is 17.8 Å². The van der Waals surface area contributed by atoms with Crippen LogP contribution in [0.5, 0.6) is 0 Å². The molecule has 0 saturated heterocycles. The number of nitrogens with one attached hydrogen (secondary N) is 1. The predicted molar refractivity (Wildman–Crippen MR) is 74.0 cm³/mol. The Bertz CT molecular complexity index is 478. The molecule has 2 rings (SSSR count). The number of aryl methyl sites for hydroxylation is 1. The average molecular weight is 265 g/mol. The Kier molecular flexibility index (Phi) is 4.92. The number of ether oxygens (including phenoxy) is 1. The highest BCUT2D eigenvalue weighted by Crippen LogP contribution is 2.14. The van der Waals surface area contributed by atoms with Crippen LogP contribution in [0.2, 0.25) is 0 Å². The maximum atomic E-state index is 5.01. The lowest BCUT2D eigenvalue weighted by atomic mass is 10.4. The van der Waals surface area contributed by atoms with Gasteiger partial charge >= 0.3 is 0 Å². The Labute approximate surface area is 112 Å². The van der Waals surface area contributed by atoms with Gasteiger partial charge in [-0.2, -0.15) is 0 Å². The number of rotatable bonds is 7. The van der Waals surface area contributed by atoms with E-state index in [9.17, 15) is 0 Å². The number of hydrogen-bond donors (Lipinski definition) is 1. The van der Waals surface area contributed by atoms with Gasteiger partial charge < -0.3 is 14.6 Å². The van der Waals surface area contributed by atoms with E-state index in [0.29, 0.717) is 0 Å². The minimum absolute atomic E-state index is 0.745. The molecule has 0 atom stereocenters. The number of aromatic nitrogens is 2. The number of thiazole rings is 1. The molecule has 0 unspecified atom stereocenters. The minimum Gasteiger partial charge on any atom is -0.383 e. The highest BCUT2D eigenvalue weighted by atomic mass is 32.1. The summed E-state index contributed by atoms with van der Waals surface area (Å²) in [7, 11) is 1.72. The van der Waals surface area contributed by atoms with Gasteiger partial charge in [0.05, 0.1) is 18.2 Å². The van der Waals surface area contributed by atoms with Crippen LogP contribution in [0.3, 0.4) is 0 Å². The van der Waals surface area contributed by atoms with Crippen molar-refractivity contribution < 1.29 is 4.74 Å². The van der Waals surface area contributed by atoms with Crippen LogP contribution in [0, 0.1) is 6.92 Å². The van der Waals surface area contributed by atoms with E-state index >= 15 is 0 Å². The van der Waals surface area contributed by atoms with Gasteiger partial charge in [-0.25, -0.2) is 4.98 Å². The highest BCUT2D eigenvalue weighted by molar-refractivity contribution is 7.11. The molecule has 0 saturated carbocycles. The molecular formula is C13H19N3OS. The molecule has 2 heterocycles. The SMILES string of the molecule is COCCNCc1cccn1Cc1cnc(C)s1. The summed E-state index contributed by atoms with van der Waals surface area (Å²) in [5.41, 5.74) is 1.29. The van der Waals surface area contributed by atoms with Gasteiger partial charge in [-0.05, 0) is 19.1 Å². The van der Waals surface area contributed by atoms with E-state index in [2.05, 4.69) is 33.2 Å². The second-order valence-electron chi connectivity index (χ2n) is 4.14. The number of nitrogens with zero attached hydrogens (tertiary/aromatic N) is 2. The summed E-state index contributed by atoms with van der Waals surface area (Å²) < 4.78 is 7.27. The third-order valence-electron chi connectivity index (χ3n) is 2.71. The Morgan fingerprint density at radius 1 is 1.50 bits per heavy atom. The molecule has 2 aromatic heterocycles. The average Bonchev–Trinajstić information content (AvgIpc) is 2.95. The zero-order valence-electron chi connectivity index (χ0n) is 10.8. The first-order chi connectivity index (χ1) is 8.79. The first kappa shape index (κ1) is 13.3. The largest absolute Gasteiger partial charge is 0.383 e. The zero-order valence-corrected chi connectivity index (χ0v) is 11.7. The molecule has 2 aromatic rings. The molecule has 0 radical (unpaired) electrons. The van der Waals surface area contributed by atoms with E-state index in [4.69, 9.17) is 4.74 Å². The molecule has 4 nitrogen and oxygen atoms in total. The minimum atomic E-state index is 0.745.